The smallest absolute Gasteiger partial charge is 0.345 e. The molecule has 0 spiro atoms. The van der Waals surface area contributed by atoms with Crippen molar-refractivity contribution in [2.24, 2.45) is 0 Å². The van der Waals surface area contributed by atoms with Crippen molar-refractivity contribution in [3.63, 3.8) is 0 Å². The van der Waals surface area contributed by atoms with E-state index in [1.807, 2.05) is 22.6 Å². The first kappa shape index (κ1) is 14.3. The number of sulfonamides is 1. The van der Waals surface area contributed by atoms with Crippen molar-refractivity contribution in [3.05, 3.63) is 44.2 Å². The number of halogens is 1. The summed E-state index contributed by atoms with van der Waals surface area (Å²) < 4.78 is 27.4. The number of hydrogen-bond donors (Lipinski definition) is 2. The lowest BCUT2D eigenvalue weighted by molar-refractivity contribution is 0.0702. The zero-order valence-corrected chi connectivity index (χ0v) is 13.1. The summed E-state index contributed by atoms with van der Waals surface area (Å²) in [6, 6.07) is 8.08. The van der Waals surface area contributed by atoms with E-state index < -0.39 is 16.0 Å². The molecule has 1 aromatic carbocycles. The third kappa shape index (κ3) is 3.25. The zero-order valence-electron chi connectivity index (χ0n) is 9.33. The second-order valence-electron chi connectivity index (χ2n) is 3.54. The number of nitrogens with one attached hydrogen (secondary N) is 1. The van der Waals surface area contributed by atoms with Gasteiger partial charge in [-0.3, -0.25) is 4.72 Å². The van der Waals surface area contributed by atoms with E-state index in [2.05, 4.69) is 4.72 Å². The second-order valence-corrected chi connectivity index (χ2v) is 7.29. The molecule has 19 heavy (non-hydrogen) atoms. The summed E-state index contributed by atoms with van der Waals surface area (Å²) in [5.41, 5.74) is 0.464. The van der Waals surface area contributed by atoms with E-state index in [4.69, 9.17) is 5.11 Å². The van der Waals surface area contributed by atoms with Gasteiger partial charge >= 0.3 is 5.97 Å². The monoisotopic (exact) mass is 409 g/mol. The summed E-state index contributed by atoms with van der Waals surface area (Å²) in [7, 11) is -3.76. The first-order chi connectivity index (χ1) is 8.90. The van der Waals surface area contributed by atoms with Crippen LogP contribution in [0.15, 0.2) is 40.6 Å². The van der Waals surface area contributed by atoms with Crippen molar-refractivity contribution in [2.75, 3.05) is 4.72 Å². The number of anilines is 1. The van der Waals surface area contributed by atoms with E-state index in [-0.39, 0.29) is 9.77 Å². The van der Waals surface area contributed by atoms with Gasteiger partial charge < -0.3 is 5.11 Å². The highest BCUT2D eigenvalue weighted by atomic mass is 127. The highest BCUT2D eigenvalue weighted by Gasteiger charge is 2.19. The number of carbonyl (C=O) groups is 1. The van der Waals surface area contributed by atoms with E-state index >= 15 is 0 Å². The standard InChI is InChI=1S/C11H8INO4S2/c12-8-3-1-2-4-9(8)13-19(16,17)7-5-10(11(14)15)18-6-7/h1-6,13H,(H,14,15). The number of benzene rings is 1. The molecule has 2 rings (SSSR count). The Morgan fingerprint density at radius 2 is 2.00 bits per heavy atom. The maximum absolute atomic E-state index is 12.1. The van der Waals surface area contributed by atoms with Crippen molar-refractivity contribution in [1.82, 2.24) is 0 Å². The highest BCUT2D eigenvalue weighted by Crippen LogP contribution is 2.24. The number of rotatable bonds is 4. The fraction of sp³-hybridized carbons (Fsp3) is 0. The molecule has 2 aromatic rings. The van der Waals surface area contributed by atoms with Crippen LogP contribution in [0, 0.1) is 3.57 Å². The third-order valence-electron chi connectivity index (χ3n) is 2.21. The maximum atomic E-state index is 12.1. The third-order valence-corrected chi connectivity index (χ3v) is 5.57. The fourth-order valence-electron chi connectivity index (χ4n) is 1.32. The number of carboxylic acids is 1. The molecule has 0 saturated carbocycles. The number of hydrogen-bond acceptors (Lipinski definition) is 4. The van der Waals surface area contributed by atoms with Gasteiger partial charge in [0.05, 0.1) is 10.6 Å². The average Bonchev–Trinajstić information content (AvgIpc) is 2.82. The molecule has 0 fully saturated rings. The maximum Gasteiger partial charge on any atom is 0.345 e. The summed E-state index contributed by atoms with van der Waals surface area (Å²) in [4.78, 5) is 10.7. The summed E-state index contributed by atoms with van der Waals surface area (Å²) >= 11 is 2.90. The Morgan fingerprint density at radius 3 is 2.58 bits per heavy atom. The summed E-state index contributed by atoms with van der Waals surface area (Å²) in [5.74, 6) is -1.14. The first-order valence-corrected chi connectivity index (χ1v) is 8.43. The topological polar surface area (TPSA) is 83.5 Å². The molecule has 0 unspecified atom stereocenters. The summed E-state index contributed by atoms with van der Waals surface area (Å²) in [6.07, 6.45) is 0. The van der Waals surface area contributed by atoms with E-state index in [9.17, 15) is 13.2 Å². The highest BCUT2D eigenvalue weighted by molar-refractivity contribution is 14.1. The lowest BCUT2D eigenvalue weighted by atomic mass is 10.3. The Hall–Kier alpha value is -1.13. The number of aromatic carboxylic acids is 1. The molecule has 0 aliphatic carbocycles. The van der Waals surface area contributed by atoms with Crippen LogP contribution < -0.4 is 4.72 Å². The van der Waals surface area contributed by atoms with Crippen LogP contribution in [0.3, 0.4) is 0 Å². The normalized spacial score (nSPS) is 11.2. The minimum atomic E-state index is -3.76. The van der Waals surface area contributed by atoms with Crippen molar-refractivity contribution in [3.8, 4) is 0 Å². The molecule has 0 saturated heterocycles. The predicted molar refractivity (Wildman–Crippen MR) is 81.2 cm³/mol. The second kappa shape index (κ2) is 5.47. The molecule has 0 radical (unpaired) electrons. The lowest BCUT2D eigenvalue weighted by Gasteiger charge is -2.07. The molecular weight excluding hydrogens is 401 g/mol. The molecule has 0 aliphatic heterocycles. The van der Waals surface area contributed by atoms with Crippen LogP contribution in [0.25, 0.3) is 0 Å². The molecule has 0 aliphatic rings. The van der Waals surface area contributed by atoms with Crippen molar-refractivity contribution in [1.29, 1.82) is 0 Å². The zero-order chi connectivity index (χ0) is 14.0. The molecular formula is C11H8INO4S2. The largest absolute Gasteiger partial charge is 0.477 e. The van der Waals surface area contributed by atoms with E-state index in [0.29, 0.717) is 5.69 Å². The molecule has 5 nitrogen and oxygen atoms in total. The number of carboxylic acid groups (broad SMARTS) is 1. The van der Waals surface area contributed by atoms with Crippen LogP contribution >= 0.6 is 33.9 Å². The van der Waals surface area contributed by atoms with Crippen molar-refractivity contribution >= 4 is 55.6 Å². The van der Waals surface area contributed by atoms with Crippen LogP contribution in [-0.4, -0.2) is 19.5 Å². The van der Waals surface area contributed by atoms with Gasteiger partial charge in [-0.1, -0.05) is 12.1 Å². The minimum Gasteiger partial charge on any atom is -0.477 e. The minimum absolute atomic E-state index is 0.0110. The van der Waals surface area contributed by atoms with Gasteiger partial charge in [0.2, 0.25) is 0 Å². The van der Waals surface area contributed by atoms with Crippen molar-refractivity contribution < 1.29 is 18.3 Å². The van der Waals surface area contributed by atoms with Gasteiger partial charge in [-0.25, -0.2) is 13.2 Å². The van der Waals surface area contributed by atoms with Gasteiger partial charge in [0.25, 0.3) is 10.0 Å². The van der Waals surface area contributed by atoms with Gasteiger partial charge in [-0.2, -0.15) is 0 Å². The molecule has 0 bridgehead atoms. The van der Waals surface area contributed by atoms with Crippen LogP contribution in [0.1, 0.15) is 9.67 Å². The predicted octanol–water partition coefficient (Wildman–Crippen LogP) is 2.85. The first-order valence-electron chi connectivity index (χ1n) is 4.99. The van der Waals surface area contributed by atoms with Gasteiger partial charge in [0.1, 0.15) is 4.88 Å². The van der Waals surface area contributed by atoms with Gasteiger partial charge in [0.15, 0.2) is 0 Å². The molecule has 1 aromatic heterocycles. The molecule has 0 amide bonds. The Morgan fingerprint density at radius 1 is 1.32 bits per heavy atom. The average molecular weight is 409 g/mol. The lowest BCUT2D eigenvalue weighted by Crippen LogP contribution is -2.13. The quantitative estimate of drug-likeness (QED) is 0.761. The van der Waals surface area contributed by atoms with Crippen LogP contribution in [0.2, 0.25) is 0 Å². The Labute approximate surface area is 127 Å². The number of para-hydroxylation sites is 1. The Kier molecular flexibility index (Phi) is 4.11. The Balaban J connectivity index is 2.32. The van der Waals surface area contributed by atoms with Gasteiger partial charge in [0, 0.05) is 8.95 Å². The van der Waals surface area contributed by atoms with E-state index in [0.717, 1.165) is 21.0 Å². The van der Waals surface area contributed by atoms with Gasteiger partial charge in [-0.15, -0.1) is 11.3 Å². The SMILES string of the molecule is O=C(O)c1cc(S(=O)(=O)Nc2ccccc2I)cs1. The van der Waals surface area contributed by atoms with Crippen molar-refractivity contribution in [2.45, 2.75) is 4.90 Å². The van der Waals surface area contributed by atoms with Crippen LogP contribution in [0.5, 0.6) is 0 Å². The van der Waals surface area contributed by atoms with E-state index in [1.165, 1.54) is 5.38 Å². The molecule has 8 heteroatoms. The molecule has 100 valence electrons. The fourth-order valence-corrected chi connectivity index (χ4v) is 4.22. The molecule has 2 N–H and O–H groups in total. The molecule has 0 atom stereocenters. The number of thiophene rings is 1. The summed E-state index contributed by atoms with van der Waals surface area (Å²) in [5, 5.41) is 10.1. The van der Waals surface area contributed by atoms with Crippen LogP contribution in [-0.2, 0) is 10.0 Å². The van der Waals surface area contributed by atoms with E-state index in [1.54, 1.807) is 24.3 Å². The Bertz CT molecular complexity index is 724. The molecule has 1 heterocycles. The van der Waals surface area contributed by atoms with Crippen LogP contribution in [0.4, 0.5) is 5.69 Å². The van der Waals surface area contributed by atoms with Gasteiger partial charge in [-0.05, 0) is 40.8 Å². The summed E-state index contributed by atoms with van der Waals surface area (Å²) in [6.45, 7) is 0.